The summed E-state index contributed by atoms with van der Waals surface area (Å²) in [5.41, 5.74) is 2.87. The average molecular weight is 208 g/mol. The Morgan fingerprint density at radius 1 is 1.25 bits per heavy atom. The van der Waals surface area contributed by atoms with Crippen molar-refractivity contribution >= 4 is 11.2 Å². The number of aromatic nitrogens is 3. The van der Waals surface area contributed by atoms with Crippen LogP contribution in [0.25, 0.3) is 16.9 Å². The van der Waals surface area contributed by atoms with Crippen molar-refractivity contribution in [2.75, 3.05) is 0 Å². The Bertz CT molecular complexity index is 626. The Hall–Kier alpha value is -2.16. The molecule has 0 aliphatic carbocycles. The van der Waals surface area contributed by atoms with E-state index in [0.717, 1.165) is 22.7 Å². The van der Waals surface area contributed by atoms with E-state index in [0.29, 0.717) is 0 Å². The first-order valence-electron chi connectivity index (χ1n) is 5.13. The van der Waals surface area contributed by atoms with E-state index >= 15 is 0 Å². The van der Waals surface area contributed by atoms with Crippen LogP contribution in [0.4, 0.5) is 0 Å². The van der Waals surface area contributed by atoms with Crippen LogP contribution in [0.1, 0.15) is 5.82 Å². The zero-order valence-corrected chi connectivity index (χ0v) is 8.88. The van der Waals surface area contributed by atoms with Gasteiger partial charge in [-0.25, -0.2) is 9.97 Å². The van der Waals surface area contributed by atoms with Gasteiger partial charge in [-0.3, -0.25) is 4.57 Å². The third-order valence-corrected chi connectivity index (χ3v) is 2.55. The molecule has 0 bridgehead atoms. The summed E-state index contributed by atoms with van der Waals surface area (Å²) in [5.74, 6) is 0.938. The summed E-state index contributed by atoms with van der Waals surface area (Å²) in [4.78, 5) is 8.67. The van der Waals surface area contributed by atoms with Crippen molar-refractivity contribution in [2.45, 2.75) is 6.92 Å². The zero-order chi connectivity index (χ0) is 11.0. The molecular weight excluding hydrogens is 198 g/mol. The van der Waals surface area contributed by atoms with E-state index in [2.05, 4.69) is 20.6 Å². The van der Waals surface area contributed by atoms with Crippen LogP contribution < -0.4 is 0 Å². The summed E-state index contributed by atoms with van der Waals surface area (Å²) in [6, 6.07) is 14.9. The maximum Gasteiger partial charge on any atom is 0.178 e. The van der Waals surface area contributed by atoms with Gasteiger partial charge in [0.2, 0.25) is 0 Å². The summed E-state index contributed by atoms with van der Waals surface area (Å²) in [6.45, 7) is 1.98. The molecule has 77 valence electrons. The molecule has 0 atom stereocenters. The average Bonchev–Trinajstić information content (AvgIpc) is 2.66. The summed E-state index contributed by atoms with van der Waals surface area (Å²) in [7, 11) is 0. The van der Waals surface area contributed by atoms with E-state index in [9.17, 15) is 0 Å². The lowest BCUT2D eigenvalue weighted by Gasteiger charge is -2.05. The van der Waals surface area contributed by atoms with Crippen LogP contribution in [0.3, 0.4) is 0 Å². The van der Waals surface area contributed by atoms with Crippen LogP contribution in [0, 0.1) is 13.0 Å². The van der Waals surface area contributed by atoms with E-state index in [-0.39, 0.29) is 0 Å². The topological polar surface area (TPSA) is 30.7 Å². The highest BCUT2D eigenvalue weighted by Crippen LogP contribution is 2.18. The minimum Gasteiger partial charge on any atom is -0.295 e. The number of rotatable bonds is 1. The first kappa shape index (κ1) is 9.09. The smallest absolute Gasteiger partial charge is 0.178 e. The monoisotopic (exact) mass is 208 g/mol. The molecule has 0 amide bonds. The fraction of sp³-hybridized carbons (Fsp3) is 0.0769. The normalized spacial score (nSPS) is 10.8. The van der Waals surface area contributed by atoms with Gasteiger partial charge < -0.3 is 0 Å². The molecule has 1 aromatic carbocycles. The number of aryl methyl sites for hydroxylation is 1. The van der Waals surface area contributed by atoms with E-state index < -0.39 is 0 Å². The van der Waals surface area contributed by atoms with Gasteiger partial charge in [0, 0.05) is 11.9 Å². The predicted molar refractivity (Wildman–Crippen MR) is 62.4 cm³/mol. The highest BCUT2D eigenvalue weighted by atomic mass is 15.1. The lowest BCUT2D eigenvalue weighted by atomic mass is 10.3. The van der Waals surface area contributed by atoms with Crippen LogP contribution in [0.5, 0.6) is 0 Å². The quantitative estimate of drug-likeness (QED) is 0.615. The Morgan fingerprint density at radius 3 is 3.00 bits per heavy atom. The van der Waals surface area contributed by atoms with Crippen LogP contribution in [-0.4, -0.2) is 14.5 Å². The molecule has 3 heteroatoms. The molecule has 0 aliphatic rings. The second-order valence-electron chi connectivity index (χ2n) is 3.60. The third kappa shape index (κ3) is 1.29. The van der Waals surface area contributed by atoms with Crippen molar-refractivity contribution in [1.82, 2.24) is 14.5 Å². The zero-order valence-electron chi connectivity index (χ0n) is 8.88. The number of nitrogens with zero attached hydrogens (tertiary/aromatic N) is 3. The summed E-state index contributed by atoms with van der Waals surface area (Å²) < 4.78 is 2.08. The predicted octanol–water partition coefficient (Wildman–Crippen LogP) is 2.53. The van der Waals surface area contributed by atoms with Crippen LogP contribution in [-0.2, 0) is 0 Å². The molecule has 0 N–H and O–H groups in total. The SMILES string of the molecule is Cc1nc2ncccc2n1-c1c[c]ccc1. The molecule has 0 fully saturated rings. The highest BCUT2D eigenvalue weighted by Gasteiger charge is 2.08. The fourth-order valence-electron chi connectivity index (χ4n) is 1.88. The molecule has 0 aliphatic heterocycles. The van der Waals surface area contributed by atoms with E-state index in [1.807, 2.05) is 43.3 Å². The molecular formula is C13H10N3. The van der Waals surface area contributed by atoms with Gasteiger partial charge in [0.1, 0.15) is 5.82 Å². The van der Waals surface area contributed by atoms with Crippen molar-refractivity contribution in [3.05, 3.63) is 54.5 Å². The van der Waals surface area contributed by atoms with Gasteiger partial charge in [0.05, 0.1) is 5.52 Å². The van der Waals surface area contributed by atoms with Crippen LogP contribution >= 0.6 is 0 Å². The van der Waals surface area contributed by atoms with Gasteiger partial charge in [0.15, 0.2) is 5.65 Å². The molecule has 16 heavy (non-hydrogen) atoms. The van der Waals surface area contributed by atoms with Crippen LogP contribution in [0.2, 0.25) is 0 Å². The Labute approximate surface area is 93.4 Å². The summed E-state index contributed by atoms with van der Waals surface area (Å²) in [6.07, 6.45) is 1.76. The van der Waals surface area contributed by atoms with Gasteiger partial charge in [0.25, 0.3) is 0 Å². The number of benzene rings is 1. The van der Waals surface area contributed by atoms with Crippen molar-refractivity contribution in [3.8, 4) is 5.69 Å². The summed E-state index contributed by atoms with van der Waals surface area (Å²) >= 11 is 0. The molecule has 0 spiro atoms. The largest absolute Gasteiger partial charge is 0.295 e. The second-order valence-corrected chi connectivity index (χ2v) is 3.60. The van der Waals surface area contributed by atoms with Gasteiger partial charge >= 0.3 is 0 Å². The first-order chi connectivity index (χ1) is 7.86. The molecule has 3 nitrogen and oxygen atoms in total. The van der Waals surface area contributed by atoms with Crippen molar-refractivity contribution in [2.24, 2.45) is 0 Å². The molecule has 3 rings (SSSR count). The lowest BCUT2D eigenvalue weighted by Crippen LogP contribution is -1.95. The molecule has 2 aromatic heterocycles. The molecule has 0 saturated heterocycles. The van der Waals surface area contributed by atoms with E-state index in [1.165, 1.54) is 0 Å². The second kappa shape index (κ2) is 3.45. The molecule has 0 unspecified atom stereocenters. The molecule has 3 aromatic rings. The lowest BCUT2D eigenvalue weighted by molar-refractivity contribution is 1.00. The highest BCUT2D eigenvalue weighted by molar-refractivity contribution is 5.73. The van der Waals surface area contributed by atoms with Crippen molar-refractivity contribution in [1.29, 1.82) is 0 Å². The number of pyridine rings is 1. The van der Waals surface area contributed by atoms with Gasteiger partial charge in [-0.1, -0.05) is 12.1 Å². The van der Waals surface area contributed by atoms with E-state index in [1.54, 1.807) is 6.20 Å². The van der Waals surface area contributed by atoms with Gasteiger partial charge in [-0.2, -0.15) is 0 Å². The Balaban J connectivity index is 2.35. The van der Waals surface area contributed by atoms with Gasteiger partial charge in [-0.15, -0.1) is 0 Å². The number of fused-ring (bicyclic) bond motifs is 1. The number of hydrogen-bond acceptors (Lipinski definition) is 2. The third-order valence-electron chi connectivity index (χ3n) is 2.55. The minimum absolute atomic E-state index is 0.781. The van der Waals surface area contributed by atoms with E-state index in [4.69, 9.17) is 0 Å². The fourth-order valence-corrected chi connectivity index (χ4v) is 1.88. The number of hydrogen-bond donors (Lipinski definition) is 0. The standard InChI is InChI=1S/C13H10N3/c1-10-15-13-12(8-5-9-14-13)16(10)11-6-3-2-4-7-11/h2-3,5-9H,1H3. The maximum absolute atomic E-state index is 4.43. The molecule has 0 saturated carbocycles. The number of imidazole rings is 1. The Morgan fingerprint density at radius 2 is 2.19 bits per heavy atom. The Kier molecular flexibility index (Phi) is 1.96. The molecule has 2 heterocycles. The first-order valence-corrected chi connectivity index (χ1v) is 5.13. The molecule has 1 radical (unpaired) electrons. The summed E-state index contributed by atoms with van der Waals surface area (Å²) in [5, 5.41) is 0. The van der Waals surface area contributed by atoms with Crippen molar-refractivity contribution in [3.63, 3.8) is 0 Å². The van der Waals surface area contributed by atoms with Crippen LogP contribution in [0.15, 0.2) is 42.6 Å². The maximum atomic E-state index is 4.43. The van der Waals surface area contributed by atoms with Gasteiger partial charge in [-0.05, 0) is 37.3 Å². The van der Waals surface area contributed by atoms with Crippen molar-refractivity contribution < 1.29 is 0 Å². The minimum atomic E-state index is 0.781.